The van der Waals surface area contributed by atoms with Crippen LogP contribution in [-0.2, 0) is 0 Å². The predicted octanol–water partition coefficient (Wildman–Crippen LogP) is 0.671. The van der Waals surface area contributed by atoms with Gasteiger partial charge in [0.25, 0.3) is 0 Å². The summed E-state index contributed by atoms with van der Waals surface area (Å²) in [5.74, 6) is 0. The SMILES string of the molecule is CCC(Cl)CC(N)O. The maximum absolute atomic E-state index is 8.55. The monoisotopic (exact) mass is 137 g/mol. The summed E-state index contributed by atoms with van der Waals surface area (Å²) in [7, 11) is 0. The lowest BCUT2D eigenvalue weighted by atomic mass is 10.2. The van der Waals surface area contributed by atoms with E-state index < -0.39 is 6.23 Å². The molecule has 0 rings (SSSR count). The van der Waals surface area contributed by atoms with Crippen molar-refractivity contribution in [3.63, 3.8) is 0 Å². The van der Waals surface area contributed by atoms with Gasteiger partial charge < -0.3 is 10.8 Å². The van der Waals surface area contributed by atoms with E-state index in [1.54, 1.807) is 0 Å². The zero-order valence-corrected chi connectivity index (χ0v) is 5.73. The molecule has 0 aromatic rings. The van der Waals surface area contributed by atoms with Crippen LogP contribution in [0.3, 0.4) is 0 Å². The average Bonchev–Trinajstić information content (AvgIpc) is 1.65. The summed E-state index contributed by atoms with van der Waals surface area (Å²) in [6, 6.07) is 0. The smallest absolute Gasteiger partial charge is 0.103 e. The molecule has 0 fully saturated rings. The summed E-state index contributed by atoms with van der Waals surface area (Å²) in [5.41, 5.74) is 5.04. The number of alkyl halides is 1. The molecule has 3 heteroatoms. The summed E-state index contributed by atoms with van der Waals surface area (Å²) in [6.07, 6.45) is 0.589. The van der Waals surface area contributed by atoms with Crippen molar-refractivity contribution in [3.05, 3.63) is 0 Å². The Bertz CT molecular complexity index is 58.4. The van der Waals surface area contributed by atoms with Crippen LogP contribution < -0.4 is 5.73 Å². The Hall–Kier alpha value is 0.210. The first-order valence-corrected chi connectivity index (χ1v) is 3.18. The van der Waals surface area contributed by atoms with E-state index in [2.05, 4.69) is 0 Å². The van der Waals surface area contributed by atoms with E-state index in [4.69, 9.17) is 22.4 Å². The molecule has 0 radical (unpaired) electrons. The van der Waals surface area contributed by atoms with Crippen molar-refractivity contribution in [2.75, 3.05) is 0 Å². The molecule has 0 aliphatic rings. The molecule has 0 aromatic carbocycles. The van der Waals surface area contributed by atoms with Gasteiger partial charge in [-0.05, 0) is 6.42 Å². The molecular formula is C5H12ClNO. The van der Waals surface area contributed by atoms with E-state index in [0.717, 1.165) is 6.42 Å². The maximum Gasteiger partial charge on any atom is 0.103 e. The van der Waals surface area contributed by atoms with Crippen LogP contribution in [0.25, 0.3) is 0 Å². The summed E-state index contributed by atoms with van der Waals surface area (Å²) in [4.78, 5) is 0. The van der Waals surface area contributed by atoms with Gasteiger partial charge in [-0.3, -0.25) is 0 Å². The molecule has 0 saturated heterocycles. The Morgan fingerprint density at radius 2 is 2.25 bits per heavy atom. The van der Waals surface area contributed by atoms with E-state index in [1.807, 2.05) is 6.92 Å². The normalized spacial score (nSPS) is 18.0. The second kappa shape index (κ2) is 4.13. The summed E-state index contributed by atoms with van der Waals surface area (Å²) < 4.78 is 0. The molecule has 8 heavy (non-hydrogen) atoms. The van der Waals surface area contributed by atoms with Crippen LogP contribution in [0.4, 0.5) is 0 Å². The van der Waals surface area contributed by atoms with Gasteiger partial charge in [0.05, 0.1) is 0 Å². The molecular weight excluding hydrogens is 126 g/mol. The van der Waals surface area contributed by atoms with Crippen LogP contribution in [0.5, 0.6) is 0 Å². The number of halogens is 1. The Kier molecular flexibility index (Phi) is 4.23. The van der Waals surface area contributed by atoms with Crippen LogP contribution in [0.15, 0.2) is 0 Å². The predicted molar refractivity (Wildman–Crippen MR) is 34.7 cm³/mol. The minimum Gasteiger partial charge on any atom is -0.379 e. The number of aliphatic hydroxyl groups is 1. The van der Waals surface area contributed by atoms with Crippen molar-refractivity contribution >= 4 is 11.6 Å². The molecule has 2 unspecified atom stereocenters. The van der Waals surface area contributed by atoms with Gasteiger partial charge in [-0.15, -0.1) is 11.6 Å². The second-order valence-electron chi connectivity index (χ2n) is 1.81. The largest absolute Gasteiger partial charge is 0.379 e. The van der Waals surface area contributed by atoms with Gasteiger partial charge in [0, 0.05) is 11.8 Å². The first-order chi connectivity index (χ1) is 3.66. The first-order valence-electron chi connectivity index (χ1n) is 2.74. The molecule has 0 aliphatic carbocycles. The first kappa shape index (κ1) is 8.21. The number of aliphatic hydroxyl groups excluding tert-OH is 1. The lowest BCUT2D eigenvalue weighted by Crippen LogP contribution is -2.22. The van der Waals surface area contributed by atoms with Crippen LogP contribution in [-0.4, -0.2) is 16.7 Å². The zero-order chi connectivity index (χ0) is 6.57. The fourth-order valence-electron chi connectivity index (χ4n) is 0.429. The van der Waals surface area contributed by atoms with Gasteiger partial charge in [0.1, 0.15) is 6.23 Å². The molecule has 0 aliphatic heterocycles. The topological polar surface area (TPSA) is 46.2 Å². The van der Waals surface area contributed by atoms with Crippen LogP contribution in [0.2, 0.25) is 0 Å². The van der Waals surface area contributed by atoms with Crippen molar-refractivity contribution in [2.24, 2.45) is 5.73 Å². The second-order valence-corrected chi connectivity index (χ2v) is 2.43. The lowest BCUT2D eigenvalue weighted by molar-refractivity contribution is 0.170. The fraction of sp³-hybridized carbons (Fsp3) is 1.00. The van der Waals surface area contributed by atoms with Gasteiger partial charge in [-0.25, -0.2) is 0 Å². The third-order valence-corrected chi connectivity index (χ3v) is 1.43. The highest BCUT2D eigenvalue weighted by Crippen LogP contribution is 2.06. The van der Waals surface area contributed by atoms with Crippen LogP contribution in [0, 0.1) is 0 Å². The van der Waals surface area contributed by atoms with Crippen molar-refractivity contribution in [1.82, 2.24) is 0 Å². The molecule has 0 amide bonds. The summed E-state index contributed by atoms with van der Waals surface area (Å²) in [5, 5.41) is 8.57. The molecule has 0 spiro atoms. The van der Waals surface area contributed by atoms with E-state index in [-0.39, 0.29) is 5.38 Å². The molecule has 0 aromatic heterocycles. The Balaban J connectivity index is 3.10. The van der Waals surface area contributed by atoms with E-state index in [9.17, 15) is 0 Å². The van der Waals surface area contributed by atoms with Gasteiger partial charge in [0.2, 0.25) is 0 Å². The van der Waals surface area contributed by atoms with Gasteiger partial charge >= 0.3 is 0 Å². The van der Waals surface area contributed by atoms with E-state index in [1.165, 1.54) is 0 Å². The maximum atomic E-state index is 8.55. The quantitative estimate of drug-likeness (QED) is 0.444. The zero-order valence-electron chi connectivity index (χ0n) is 4.97. The van der Waals surface area contributed by atoms with E-state index in [0.29, 0.717) is 6.42 Å². The van der Waals surface area contributed by atoms with Gasteiger partial charge in [-0.1, -0.05) is 6.92 Å². The molecule has 3 N–H and O–H groups in total. The lowest BCUT2D eigenvalue weighted by Gasteiger charge is -2.06. The summed E-state index contributed by atoms with van der Waals surface area (Å²) >= 11 is 5.62. The standard InChI is InChI=1S/C5H12ClNO/c1-2-4(6)3-5(7)8/h4-5,8H,2-3,7H2,1H3. The number of nitrogens with two attached hydrogens (primary N) is 1. The van der Waals surface area contributed by atoms with E-state index >= 15 is 0 Å². The third-order valence-electron chi connectivity index (χ3n) is 0.940. The number of hydrogen-bond donors (Lipinski definition) is 2. The fourth-order valence-corrected chi connectivity index (χ4v) is 0.611. The van der Waals surface area contributed by atoms with Gasteiger partial charge in [-0.2, -0.15) is 0 Å². The molecule has 50 valence electrons. The van der Waals surface area contributed by atoms with Crippen LogP contribution >= 0.6 is 11.6 Å². The average molecular weight is 138 g/mol. The molecule has 0 bridgehead atoms. The van der Waals surface area contributed by atoms with Crippen molar-refractivity contribution in [3.8, 4) is 0 Å². The molecule has 0 heterocycles. The van der Waals surface area contributed by atoms with Crippen molar-refractivity contribution < 1.29 is 5.11 Å². The minimum absolute atomic E-state index is 0.0231. The minimum atomic E-state index is -0.752. The highest BCUT2D eigenvalue weighted by Gasteiger charge is 2.04. The number of rotatable bonds is 3. The molecule has 0 saturated carbocycles. The third kappa shape index (κ3) is 4.37. The van der Waals surface area contributed by atoms with Crippen LogP contribution in [0.1, 0.15) is 19.8 Å². The van der Waals surface area contributed by atoms with Crippen molar-refractivity contribution in [2.45, 2.75) is 31.4 Å². The Labute approximate surface area is 54.6 Å². The summed E-state index contributed by atoms with van der Waals surface area (Å²) in [6.45, 7) is 1.96. The highest BCUT2D eigenvalue weighted by molar-refractivity contribution is 6.20. The number of hydrogen-bond acceptors (Lipinski definition) is 2. The van der Waals surface area contributed by atoms with Crippen molar-refractivity contribution in [1.29, 1.82) is 0 Å². The highest BCUT2D eigenvalue weighted by atomic mass is 35.5. The van der Waals surface area contributed by atoms with Gasteiger partial charge in [0.15, 0.2) is 0 Å². The molecule has 2 nitrogen and oxygen atoms in total. The Morgan fingerprint density at radius 1 is 1.75 bits per heavy atom. The Morgan fingerprint density at radius 3 is 2.38 bits per heavy atom. The molecule has 2 atom stereocenters.